The maximum Gasteiger partial charge on any atom is 0.465 e. The van der Waals surface area contributed by atoms with Crippen LogP contribution in [0.3, 0.4) is 0 Å². The number of hydrogen-bond donors (Lipinski definition) is 1. The van der Waals surface area contributed by atoms with Crippen LogP contribution in [0.5, 0.6) is 17.2 Å². The van der Waals surface area contributed by atoms with Gasteiger partial charge in [0.05, 0.1) is 38.9 Å². The number of hydrogen-bond acceptors (Lipinski definition) is 5. The Hall–Kier alpha value is -2.31. The molecule has 0 radical (unpaired) electrons. The van der Waals surface area contributed by atoms with Crippen LogP contribution in [0, 0.1) is 5.82 Å². The molecule has 27 heavy (non-hydrogen) atoms. The molecule has 2 aromatic carbocycles. The van der Waals surface area contributed by atoms with Gasteiger partial charge in [0, 0.05) is 20.0 Å². The zero-order valence-corrected chi connectivity index (χ0v) is 16.3. The van der Waals surface area contributed by atoms with Gasteiger partial charge in [-0.05, 0) is 42.2 Å². The minimum atomic E-state index is -1.81. The van der Waals surface area contributed by atoms with Gasteiger partial charge >= 0.3 is 6.48 Å². The summed E-state index contributed by atoms with van der Waals surface area (Å²) < 4.78 is 22.5. The fraction of sp³-hybridized carbons (Fsp3) is 0.381. The van der Waals surface area contributed by atoms with Crippen LogP contribution in [-0.4, -0.2) is 33.9 Å². The fourth-order valence-electron chi connectivity index (χ4n) is 3.77. The van der Waals surface area contributed by atoms with Crippen LogP contribution in [0.4, 0.5) is 0 Å². The van der Waals surface area contributed by atoms with Gasteiger partial charge < -0.3 is 24.5 Å². The average molecular weight is 369 g/mol. The van der Waals surface area contributed by atoms with E-state index in [1.807, 2.05) is 48.5 Å². The van der Waals surface area contributed by atoms with E-state index in [-0.39, 0.29) is 0 Å². The van der Waals surface area contributed by atoms with E-state index in [0.717, 1.165) is 48.4 Å². The third-order valence-electron chi connectivity index (χ3n) is 5.51. The highest BCUT2D eigenvalue weighted by Gasteiger charge is 2.47. The Morgan fingerprint density at radius 1 is 0.815 bits per heavy atom. The fourth-order valence-corrected chi connectivity index (χ4v) is 3.77. The first-order chi connectivity index (χ1) is 13.1. The van der Waals surface area contributed by atoms with Crippen molar-refractivity contribution in [3.63, 3.8) is 0 Å². The van der Waals surface area contributed by atoms with Gasteiger partial charge in [0.25, 0.3) is 0 Å². The van der Waals surface area contributed by atoms with Crippen molar-refractivity contribution in [2.75, 3.05) is 21.3 Å². The highest BCUT2D eigenvalue weighted by atomic mass is 16.5. The molecular weight excluding hydrogens is 341 g/mol. The Morgan fingerprint density at radius 2 is 1.30 bits per heavy atom. The van der Waals surface area contributed by atoms with Crippen molar-refractivity contribution >= 4 is 11.9 Å². The van der Waals surface area contributed by atoms with Gasteiger partial charge in [0.15, 0.2) is 0 Å². The summed E-state index contributed by atoms with van der Waals surface area (Å²) in [5, 5.41) is 0. The molecule has 1 saturated carbocycles. The van der Waals surface area contributed by atoms with E-state index >= 15 is 0 Å². The minimum absolute atomic E-state index is 0.297. The largest absolute Gasteiger partial charge is 0.660 e. The Labute approximate surface area is 161 Å². The maximum absolute atomic E-state index is 6.97. The molecule has 144 valence electrons. The zero-order chi connectivity index (χ0) is 19.3. The second kappa shape index (κ2) is 8.59. The predicted octanol–water partition coefficient (Wildman–Crippen LogP) is 3.09. The molecule has 2 N–H and O–H groups in total. The molecule has 0 amide bonds. The normalized spacial score (nSPS) is 17.3. The number of benzene rings is 2. The number of methoxy groups -OCH3 is 3. The first-order valence-corrected chi connectivity index (χ1v) is 9.39. The van der Waals surface area contributed by atoms with Crippen molar-refractivity contribution < 1.29 is 18.9 Å². The van der Waals surface area contributed by atoms with Gasteiger partial charge in [0.2, 0.25) is 0 Å². The summed E-state index contributed by atoms with van der Waals surface area (Å²) in [7, 11) is 5.08. The summed E-state index contributed by atoms with van der Waals surface area (Å²) >= 11 is 0. The number of ether oxygens (including phenoxy) is 3. The molecule has 1 aliphatic carbocycles. The lowest BCUT2D eigenvalue weighted by atomic mass is 9.36. The lowest BCUT2D eigenvalue weighted by molar-refractivity contribution is 0.0770. The van der Waals surface area contributed by atoms with Gasteiger partial charge in [-0.15, -0.1) is 0 Å². The van der Waals surface area contributed by atoms with E-state index in [0.29, 0.717) is 6.10 Å². The summed E-state index contributed by atoms with van der Waals surface area (Å²) in [5.74, 6) is 3.56. The highest BCUT2D eigenvalue weighted by molar-refractivity contribution is 6.89. The van der Waals surface area contributed by atoms with Gasteiger partial charge in [-0.2, -0.15) is 0 Å². The van der Waals surface area contributed by atoms with Crippen LogP contribution in [-0.2, 0) is 4.74 Å². The van der Waals surface area contributed by atoms with Gasteiger partial charge in [0.1, 0.15) is 11.5 Å². The molecule has 0 bridgehead atoms. The average Bonchev–Trinajstić information content (AvgIpc) is 2.74. The molecule has 3 rings (SSSR count). The van der Waals surface area contributed by atoms with E-state index < -0.39 is 6.48 Å². The second-order valence-electron chi connectivity index (χ2n) is 7.01. The van der Waals surface area contributed by atoms with Crippen LogP contribution >= 0.6 is 0 Å². The molecule has 1 fully saturated rings. The molecule has 0 saturated heterocycles. The molecule has 1 aliphatic rings. The molecule has 0 heterocycles. The summed E-state index contributed by atoms with van der Waals surface area (Å²) in [5.41, 5.74) is 7.94. The molecule has 1 unspecified atom stereocenters. The molecular formula is C21H28BNO4. The Morgan fingerprint density at radius 3 is 1.78 bits per heavy atom. The zero-order valence-electron chi connectivity index (χ0n) is 16.3. The molecule has 5 nitrogen and oxygen atoms in total. The van der Waals surface area contributed by atoms with Crippen LogP contribution in [0.1, 0.15) is 25.7 Å². The monoisotopic (exact) mass is 369 g/mol. The standard InChI is InChI=1S/C21H28BNO4/c1-24-18-8-4-16(5-9-18)22(23,17-6-10-19(25-2)11-7-17)27-21-14-12-20(26-3)13-15-21/h4-5,8-9,12-15,19H,6-7,10-11,23H2,1-3H3. The van der Waals surface area contributed by atoms with E-state index in [1.54, 1.807) is 21.3 Å². The van der Waals surface area contributed by atoms with Crippen molar-refractivity contribution in [1.82, 2.24) is 0 Å². The van der Waals surface area contributed by atoms with Gasteiger partial charge in [-0.1, -0.05) is 17.6 Å². The SMILES string of the molecule is COc1ccc(O[B-](N)(c2ccc(OC)cc2)[C+]2CCC(OC)CC2)cc1. The summed E-state index contributed by atoms with van der Waals surface area (Å²) in [6, 6.07) is 15.4. The molecule has 6 heteroatoms. The second-order valence-corrected chi connectivity index (χ2v) is 7.01. The quantitative estimate of drug-likeness (QED) is 0.600. The predicted molar refractivity (Wildman–Crippen MR) is 109 cm³/mol. The van der Waals surface area contributed by atoms with Gasteiger partial charge in [-0.3, -0.25) is 0 Å². The molecule has 1 atom stereocenters. The Bertz CT molecular complexity index is 714. The first-order valence-electron chi connectivity index (χ1n) is 9.39. The number of nitrogens with two attached hydrogens (primary N) is 1. The topological polar surface area (TPSA) is 62.9 Å². The van der Waals surface area contributed by atoms with E-state index in [2.05, 4.69) is 0 Å². The summed E-state index contributed by atoms with van der Waals surface area (Å²) in [6.07, 6.45) is 4.03. The van der Waals surface area contributed by atoms with Crippen molar-refractivity contribution in [3.8, 4) is 17.2 Å². The van der Waals surface area contributed by atoms with Crippen molar-refractivity contribution in [1.29, 1.82) is 0 Å². The molecule has 2 aromatic rings. The molecule has 0 aliphatic heterocycles. The van der Waals surface area contributed by atoms with E-state index in [4.69, 9.17) is 24.5 Å². The van der Waals surface area contributed by atoms with Crippen molar-refractivity contribution in [3.05, 3.63) is 54.3 Å². The molecule has 0 aromatic heterocycles. The maximum atomic E-state index is 6.97. The van der Waals surface area contributed by atoms with Crippen LogP contribution in [0.25, 0.3) is 0 Å². The smallest absolute Gasteiger partial charge is 0.465 e. The Balaban J connectivity index is 1.89. The number of rotatable bonds is 7. The summed E-state index contributed by atoms with van der Waals surface area (Å²) in [4.78, 5) is 0. The van der Waals surface area contributed by atoms with Crippen molar-refractivity contribution in [2.24, 2.45) is 5.64 Å². The van der Waals surface area contributed by atoms with Crippen LogP contribution in [0.2, 0.25) is 0 Å². The van der Waals surface area contributed by atoms with E-state index in [9.17, 15) is 0 Å². The summed E-state index contributed by atoms with van der Waals surface area (Å²) in [6.45, 7) is -1.81. The first kappa shape index (κ1) is 19.5. The lowest BCUT2D eigenvalue weighted by Gasteiger charge is -2.39. The Kier molecular flexibility index (Phi) is 6.19. The highest BCUT2D eigenvalue weighted by Crippen LogP contribution is 2.34. The van der Waals surface area contributed by atoms with E-state index in [1.165, 1.54) is 5.82 Å². The molecule has 0 spiro atoms. The van der Waals surface area contributed by atoms with Crippen LogP contribution in [0.15, 0.2) is 48.5 Å². The lowest BCUT2D eigenvalue weighted by Crippen LogP contribution is -2.67. The minimum Gasteiger partial charge on any atom is -0.660 e. The van der Waals surface area contributed by atoms with Crippen molar-refractivity contribution in [2.45, 2.75) is 31.8 Å². The third kappa shape index (κ3) is 4.34. The van der Waals surface area contributed by atoms with Crippen LogP contribution < -0.4 is 25.2 Å². The van der Waals surface area contributed by atoms with Gasteiger partial charge in [-0.25, -0.2) is 0 Å². The third-order valence-corrected chi connectivity index (χ3v) is 5.51.